The SMILES string of the molecule is C=CC(=O)N(CCSSCC)C(=O)C=C. The second-order valence-corrected chi connectivity index (χ2v) is 5.34. The van der Waals surface area contributed by atoms with E-state index in [-0.39, 0.29) is 11.8 Å². The van der Waals surface area contributed by atoms with Gasteiger partial charge in [0.05, 0.1) is 0 Å². The Kier molecular flexibility index (Phi) is 8.22. The van der Waals surface area contributed by atoms with Crippen molar-refractivity contribution in [3.05, 3.63) is 25.3 Å². The fraction of sp³-hybridized carbons (Fsp3) is 0.400. The third kappa shape index (κ3) is 5.69. The number of carbonyl (C=O) groups excluding carboxylic acids is 2. The number of rotatable bonds is 7. The molecule has 15 heavy (non-hydrogen) atoms. The molecule has 0 saturated carbocycles. The molecular weight excluding hydrogens is 230 g/mol. The summed E-state index contributed by atoms with van der Waals surface area (Å²) in [6, 6.07) is 0. The molecule has 0 bridgehead atoms. The van der Waals surface area contributed by atoms with Gasteiger partial charge in [-0.2, -0.15) is 0 Å². The van der Waals surface area contributed by atoms with Crippen LogP contribution < -0.4 is 0 Å². The molecule has 0 unspecified atom stereocenters. The van der Waals surface area contributed by atoms with Crippen molar-refractivity contribution in [3.63, 3.8) is 0 Å². The van der Waals surface area contributed by atoms with Gasteiger partial charge < -0.3 is 0 Å². The monoisotopic (exact) mass is 245 g/mol. The van der Waals surface area contributed by atoms with Crippen LogP contribution in [-0.2, 0) is 9.59 Å². The summed E-state index contributed by atoms with van der Waals surface area (Å²) in [5.41, 5.74) is 0. The van der Waals surface area contributed by atoms with Gasteiger partial charge in [0.25, 0.3) is 11.8 Å². The molecule has 84 valence electrons. The first-order valence-corrected chi connectivity index (χ1v) is 7.00. The molecule has 0 heterocycles. The van der Waals surface area contributed by atoms with E-state index >= 15 is 0 Å². The second kappa shape index (κ2) is 8.61. The molecule has 0 aromatic rings. The van der Waals surface area contributed by atoms with E-state index in [0.717, 1.165) is 28.6 Å². The maximum Gasteiger partial charge on any atom is 0.252 e. The quantitative estimate of drug-likeness (QED) is 0.391. The Morgan fingerprint density at radius 3 is 2.13 bits per heavy atom. The molecule has 0 atom stereocenters. The molecule has 5 heteroatoms. The topological polar surface area (TPSA) is 37.4 Å². The van der Waals surface area contributed by atoms with Gasteiger partial charge >= 0.3 is 0 Å². The van der Waals surface area contributed by atoms with Gasteiger partial charge in [-0.3, -0.25) is 14.5 Å². The summed E-state index contributed by atoms with van der Waals surface area (Å²) in [6.07, 6.45) is 2.28. The van der Waals surface area contributed by atoms with Crippen LogP contribution in [0.2, 0.25) is 0 Å². The first-order valence-electron chi connectivity index (χ1n) is 4.52. The lowest BCUT2D eigenvalue weighted by atomic mass is 10.4. The van der Waals surface area contributed by atoms with Crippen molar-refractivity contribution < 1.29 is 9.59 Å². The Bertz CT molecular complexity index is 234. The lowest BCUT2D eigenvalue weighted by molar-refractivity contribution is -0.138. The van der Waals surface area contributed by atoms with E-state index in [2.05, 4.69) is 20.1 Å². The Morgan fingerprint density at radius 2 is 1.73 bits per heavy atom. The molecule has 0 aliphatic heterocycles. The van der Waals surface area contributed by atoms with E-state index in [1.807, 2.05) is 0 Å². The number of hydrogen-bond donors (Lipinski definition) is 0. The summed E-state index contributed by atoms with van der Waals surface area (Å²) < 4.78 is 0. The summed E-state index contributed by atoms with van der Waals surface area (Å²) in [4.78, 5) is 23.7. The number of carbonyl (C=O) groups is 2. The zero-order chi connectivity index (χ0) is 11.7. The maximum atomic E-state index is 11.3. The lowest BCUT2D eigenvalue weighted by Gasteiger charge is -2.16. The summed E-state index contributed by atoms with van der Waals surface area (Å²) >= 11 is 0. The van der Waals surface area contributed by atoms with Crippen LogP contribution in [0.4, 0.5) is 0 Å². The smallest absolute Gasteiger partial charge is 0.252 e. The van der Waals surface area contributed by atoms with Crippen molar-refractivity contribution >= 4 is 33.4 Å². The van der Waals surface area contributed by atoms with Crippen LogP contribution >= 0.6 is 21.6 Å². The molecule has 0 fully saturated rings. The van der Waals surface area contributed by atoms with Crippen LogP contribution in [-0.4, -0.2) is 34.8 Å². The summed E-state index contributed by atoms with van der Waals surface area (Å²) in [5.74, 6) is 0.983. The molecule has 0 aliphatic carbocycles. The van der Waals surface area contributed by atoms with Gasteiger partial charge in [0, 0.05) is 18.1 Å². The Balaban J connectivity index is 4.13. The Morgan fingerprint density at radius 1 is 1.20 bits per heavy atom. The van der Waals surface area contributed by atoms with Crippen LogP contribution in [0.3, 0.4) is 0 Å². The van der Waals surface area contributed by atoms with E-state index < -0.39 is 0 Å². The molecule has 0 aromatic carbocycles. The van der Waals surface area contributed by atoms with E-state index in [1.165, 1.54) is 0 Å². The van der Waals surface area contributed by atoms with Crippen molar-refractivity contribution in [3.8, 4) is 0 Å². The highest BCUT2D eigenvalue weighted by Crippen LogP contribution is 2.20. The van der Waals surface area contributed by atoms with Crippen molar-refractivity contribution in [2.75, 3.05) is 18.1 Å². The van der Waals surface area contributed by atoms with Crippen LogP contribution in [0.15, 0.2) is 25.3 Å². The first-order chi connectivity index (χ1) is 7.17. The van der Waals surface area contributed by atoms with Crippen molar-refractivity contribution in [2.24, 2.45) is 0 Å². The molecule has 0 rings (SSSR count). The average Bonchev–Trinajstić information content (AvgIpc) is 2.27. The predicted octanol–water partition coefficient (Wildman–Crippen LogP) is 2.11. The molecule has 0 radical (unpaired) electrons. The van der Waals surface area contributed by atoms with E-state index in [1.54, 1.807) is 21.6 Å². The van der Waals surface area contributed by atoms with Crippen LogP contribution in [0.1, 0.15) is 6.92 Å². The average molecular weight is 245 g/mol. The van der Waals surface area contributed by atoms with E-state index in [0.29, 0.717) is 6.54 Å². The van der Waals surface area contributed by atoms with Gasteiger partial charge in [-0.15, -0.1) is 0 Å². The third-order valence-electron chi connectivity index (χ3n) is 1.48. The highest BCUT2D eigenvalue weighted by Gasteiger charge is 2.15. The molecule has 2 amide bonds. The Labute approximate surface area is 98.4 Å². The minimum absolute atomic E-state index is 0.373. The highest BCUT2D eigenvalue weighted by molar-refractivity contribution is 8.76. The van der Waals surface area contributed by atoms with Crippen LogP contribution in [0, 0.1) is 0 Å². The third-order valence-corrected chi connectivity index (χ3v) is 3.94. The minimum atomic E-state index is -0.373. The Hall–Kier alpha value is -0.680. The molecular formula is C10H15NO2S2. The predicted molar refractivity (Wildman–Crippen MR) is 67.7 cm³/mol. The van der Waals surface area contributed by atoms with Gasteiger partial charge in [0.1, 0.15) is 0 Å². The minimum Gasteiger partial charge on any atom is -0.275 e. The highest BCUT2D eigenvalue weighted by atomic mass is 33.1. The lowest BCUT2D eigenvalue weighted by Crippen LogP contribution is -2.36. The van der Waals surface area contributed by atoms with Crippen LogP contribution in [0.25, 0.3) is 0 Å². The molecule has 0 aliphatic rings. The zero-order valence-corrected chi connectivity index (χ0v) is 10.4. The molecule has 0 spiro atoms. The van der Waals surface area contributed by atoms with Crippen molar-refractivity contribution in [1.29, 1.82) is 0 Å². The van der Waals surface area contributed by atoms with Crippen LogP contribution in [0.5, 0.6) is 0 Å². The number of imide groups is 1. The van der Waals surface area contributed by atoms with Gasteiger partial charge in [0.2, 0.25) is 0 Å². The van der Waals surface area contributed by atoms with Gasteiger partial charge in [-0.25, -0.2) is 0 Å². The number of nitrogens with zero attached hydrogens (tertiary/aromatic N) is 1. The number of amides is 2. The second-order valence-electron chi connectivity index (χ2n) is 2.46. The van der Waals surface area contributed by atoms with Crippen molar-refractivity contribution in [1.82, 2.24) is 4.90 Å². The van der Waals surface area contributed by atoms with Gasteiger partial charge in [0.15, 0.2) is 0 Å². The first kappa shape index (κ1) is 14.3. The van der Waals surface area contributed by atoms with E-state index in [9.17, 15) is 9.59 Å². The molecule has 0 N–H and O–H groups in total. The van der Waals surface area contributed by atoms with Crippen molar-refractivity contribution in [2.45, 2.75) is 6.92 Å². The molecule has 0 saturated heterocycles. The van der Waals surface area contributed by atoms with Gasteiger partial charge in [-0.1, -0.05) is 41.7 Å². The normalized spacial score (nSPS) is 9.40. The fourth-order valence-corrected chi connectivity index (χ4v) is 2.44. The maximum absolute atomic E-state index is 11.3. The largest absolute Gasteiger partial charge is 0.275 e. The zero-order valence-electron chi connectivity index (χ0n) is 8.77. The van der Waals surface area contributed by atoms with Gasteiger partial charge in [-0.05, 0) is 12.2 Å². The summed E-state index contributed by atoms with van der Waals surface area (Å²) in [7, 11) is 3.34. The molecule has 0 aromatic heterocycles. The number of hydrogen-bond acceptors (Lipinski definition) is 4. The standard InChI is InChI=1S/C10H15NO2S2/c1-4-9(12)11(10(13)5-2)7-8-15-14-6-3/h4-5H,1-2,6-8H2,3H3. The van der Waals surface area contributed by atoms with E-state index in [4.69, 9.17) is 0 Å². The molecule has 3 nitrogen and oxygen atoms in total. The summed E-state index contributed by atoms with van der Waals surface area (Å²) in [5, 5.41) is 0. The fourth-order valence-electron chi connectivity index (χ4n) is 0.820. The summed E-state index contributed by atoms with van der Waals surface area (Å²) in [6.45, 7) is 9.16.